The van der Waals surface area contributed by atoms with E-state index < -0.39 is 5.97 Å². The van der Waals surface area contributed by atoms with Crippen LogP contribution < -0.4 is 10.1 Å². The predicted octanol–water partition coefficient (Wildman–Crippen LogP) is 4.19. The van der Waals surface area contributed by atoms with E-state index in [0.717, 1.165) is 0 Å². The van der Waals surface area contributed by atoms with Gasteiger partial charge in [-0.15, -0.1) is 0 Å². The molecule has 150 valence electrons. The summed E-state index contributed by atoms with van der Waals surface area (Å²) in [5, 5.41) is 3.46. The van der Waals surface area contributed by atoms with Gasteiger partial charge in [0.1, 0.15) is 11.6 Å². The molecule has 1 heterocycles. The fourth-order valence-corrected chi connectivity index (χ4v) is 2.64. The molecule has 0 saturated heterocycles. The maximum Gasteiger partial charge on any atom is 0.343 e. The van der Waals surface area contributed by atoms with E-state index in [1.807, 2.05) is 0 Å². The number of ether oxygens (including phenoxy) is 2. The number of amides is 1. The fraction of sp³-hybridized carbons (Fsp3) is 0.227. The number of nitrogens with zero attached hydrogens (tertiary/aromatic N) is 1. The normalized spacial score (nSPS) is 10.8. The second kappa shape index (κ2) is 8.68. The van der Waals surface area contributed by atoms with Crippen molar-refractivity contribution in [3.8, 4) is 17.0 Å². The van der Waals surface area contributed by atoms with Gasteiger partial charge in [-0.25, -0.2) is 14.2 Å². The molecule has 0 bridgehead atoms. The van der Waals surface area contributed by atoms with Crippen LogP contribution in [0.3, 0.4) is 0 Å². The van der Waals surface area contributed by atoms with Gasteiger partial charge in [-0.3, -0.25) is 4.79 Å². The molecule has 0 fully saturated rings. The summed E-state index contributed by atoms with van der Waals surface area (Å²) in [6.07, 6.45) is 0. The second-order valence-corrected chi connectivity index (χ2v) is 6.75. The lowest BCUT2D eigenvalue weighted by molar-refractivity contribution is -0.142. The number of nitrogens with one attached hydrogen (secondary N) is 1. The molecule has 0 radical (unpaired) electrons. The highest BCUT2D eigenvalue weighted by atomic mass is 19.1. The fourth-order valence-electron chi connectivity index (χ4n) is 2.64. The van der Waals surface area contributed by atoms with Crippen LogP contribution in [0.4, 0.5) is 10.1 Å². The molecule has 6 nitrogen and oxygen atoms in total. The number of carbonyl (C=O) groups is 2. The van der Waals surface area contributed by atoms with E-state index in [1.165, 1.54) is 19.2 Å². The number of esters is 1. The van der Waals surface area contributed by atoms with Crippen molar-refractivity contribution in [3.05, 3.63) is 54.3 Å². The van der Waals surface area contributed by atoms with Crippen LogP contribution in [0.2, 0.25) is 0 Å². The predicted molar refractivity (Wildman–Crippen MR) is 108 cm³/mol. The summed E-state index contributed by atoms with van der Waals surface area (Å²) in [6, 6.07) is 12.8. The average Bonchev–Trinajstić information content (AvgIpc) is 2.72. The maximum absolute atomic E-state index is 13.3. The molecule has 1 aromatic heterocycles. The Labute approximate surface area is 167 Å². The zero-order valence-corrected chi connectivity index (χ0v) is 16.4. The molecule has 0 aliphatic heterocycles. The van der Waals surface area contributed by atoms with Crippen molar-refractivity contribution in [1.29, 1.82) is 0 Å². The molecule has 0 aliphatic rings. The van der Waals surface area contributed by atoms with Crippen molar-refractivity contribution in [2.24, 2.45) is 5.92 Å². The van der Waals surface area contributed by atoms with Crippen molar-refractivity contribution < 1.29 is 23.5 Å². The molecule has 1 N–H and O–H groups in total. The zero-order chi connectivity index (χ0) is 21.0. The van der Waals surface area contributed by atoms with Gasteiger partial charge in [-0.2, -0.15) is 0 Å². The minimum atomic E-state index is -0.525. The number of anilines is 1. The highest BCUT2D eigenvalue weighted by Crippen LogP contribution is 2.32. The molecule has 0 unspecified atom stereocenters. The van der Waals surface area contributed by atoms with Crippen LogP contribution in [0.1, 0.15) is 13.8 Å². The molecule has 7 heteroatoms. The lowest BCUT2D eigenvalue weighted by atomic mass is 10.1. The number of methoxy groups -OCH3 is 1. The van der Waals surface area contributed by atoms with Crippen LogP contribution in [0.15, 0.2) is 48.5 Å². The quantitative estimate of drug-likeness (QED) is 0.632. The Balaban J connectivity index is 2.06. The Bertz CT molecular complexity index is 1050. The van der Waals surface area contributed by atoms with Crippen LogP contribution in [0.25, 0.3) is 22.2 Å². The number of hydrogen-bond donors (Lipinski definition) is 1. The average molecular weight is 396 g/mol. The monoisotopic (exact) mass is 396 g/mol. The number of benzene rings is 2. The van der Waals surface area contributed by atoms with Gasteiger partial charge < -0.3 is 14.8 Å². The lowest BCUT2D eigenvalue weighted by Crippen LogP contribution is -2.17. The molecule has 0 saturated carbocycles. The molecule has 1 amide bonds. The first-order valence-electron chi connectivity index (χ1n) is 9.08. The van der Waals surface area contributed by atoms with E-state index in [9.17, 15) is 14.0 Å². The Morgan fingerprint density at radius 3 is 2.48 bits per heavy atom. The van der Waals surface area contributed by atoms with Gasteiger partial charge in [-0.1, -0.05) is 13.8 Å². The van der Waals surface area contributed by atoms with Crippen molar-refractivity contribution in [2.45, 2.75) is 13.8 Å². The first kappa shape index (κ1) is 20.3. The van der Waals surface area contributed by atoms with E-state index in [1.54, 1.807) is 50.2 Å². The van der Waals surface area contributed by atoms with Crippen molar-refractivity contribution in [3.63, 3.8) is 0 Å². The Hall–Kier alpha value is -3.48. The van der Waals surface area contributed by atoms with Crippen molar-refractivity contribution in [1.82, 2.24) is 4.98 Å². The zero-order valence-electron chi connectivity index (χ0n) is 16.4. The summed E-state index contributed by atoms with van der Waals surface area (Å²) in [6.45, 7) is 3.33. The van der Waals surface area contributed by atoms with E-state index in [2.05, 4.69) is 15.0 Å². The van der Waals surface area contributed by atoms with Gasteiger partial charge in [0.2, 0.25) is 5.91 Å². The molecular weight excluding hydrogens is 375 g/mol. The number of aromatic nitrogens is 1. The Kier molecular flexibility index (Phi) is 6.07. The van der Waals surface area contributed by atoms with Gasteiger partial charge in [0.15, 0.2) is 6.61 Å². The lowest BCUT2D eigenvalue weighted by Gasteiger charge is -2.13. The number of pyridine rings is 1. The summed E-state index contributed by atoms with van der Waals surface area (Å²) in [5.74, 6) is -0.748. The summed E-state index contributed by atoms with van der Waals surface area (Å²) in [7, 11) is 1.28. The number of carbonyl (C=O) groups excluding carboxylic acids is 2. The standard InChI is InChI=1S/C22H21FN2O4/c1-13(2)22(27)24-16-8-9-18-17(10-16)20(29-12-21(26)28-3)11-19(25-18)14-4-6-15(23)7-5-14/h4-11,13H,12H2,1-3H3,(H,24,27). The molecule has 2 aromatic carbocycles. The van der Waals surface area contributed by atoms with Gasteiger partial charge >= 0.3 is 5.97 Å². The highest BCUT2D eigenvalue weighted by molar-refractivity contribution is 5.96. The highest BCUT2D eigenvalue weighted by Gasteiger charge is 2.13. The minimum absolute atomic E-state index is 0.114. The summed E-state index contributed by atoms with van der Waals surface area (Å²) >= 11 is 0. The summed E-state index contributed by atoms with van der Waals surface area (Å²) in [4.78, 5) is 28.2. The molecule has 0 aliphatic carbocycles. The Morgan fingerprint density at radius 1 is 1.10 bits per heavy atom. The van der Waals surface area contributed by atoms with E-state index in [-0.39, 0.29) is 24.2 Å². The van der Waals surface area contributed by atoms with Crippen molar-refractivity contribution >= 4 is 28.5 Å². The van der Waals surface area contributed by atoms with Crippen LogP contribution in [0.5, 0.6) is 5.75 Å². The number of rotatable bonds is 6. The van der Waals surface area contributed by atoms with Crippen molar-refractivity contribution in [2.75, 3.05) is 19.0 Å². The van der Waals surface area contributed by atoms with Gasteiger partial charge in [0.05, 0.1) is 18.3 Å². The van der Waals surface area contributed by atoms with E-state index in [0.29, 0.717) is 33.6 Å². The third-order valence-electron chi connectivity index (χ3n) is 4.28. The van der Waals surface area contributed by atoms with E-state index in [4.69, 9.17) is 4.74 Å². The molecule has 3 aromatic rings. The summed E-state index contributed by atoms with van der Waals surface area (Å²) in [5.41, 5.74) is 2.47. The minimum Gasteiger partial charge on any atom is -0.481 e. The molecule has 29 heavy (non-hydrogen) atoms. The molecule has 3 rings (SSSR count). The molecule has 0 atom stereocenters. The summed E-state index contributed by atoms with van der Waals surface area (Å²) < 4.78 is 23.6. The largest absolute Gasteiger partial charge is 0.481 e. The topological polar surface area (TPSA) is 77.5 Å². The third kappa shape index (κ3) is 4.87. The molecular formula is C22H21FN2O4. The van der Waals surface area contributed by atoms with Crippen LogP contribution in [-0.4, -0.2) is 30.6 Å². The third-order valence-corrected chi connectivity index (χ3v) is 4.28. The van der Waals surface area contributed by atoms with Gasteiger partial charge in [0.25, 0.3) is 0 Å². The SMILES string of the molecule is COC(=O)COc1cc(-c2ccc(F)cc2)nc2ccc(NC(=O)C(C)C)cc12. The Morgan fingerprint density at radius 2 is 1.83 bits per heavy atom. The smallest absolute Gasteiger partial charge is 0.343 e. The van der Waals surface area contributed by atoms with E-state index >= 15 is 0 Å². The maximum atomic E-state index is 13.3. The van der Waals surface area contributed by atoms with Crippen LogP contribution in [-0.2, 0) is 14.3 Å². The molecule has 0 spiro atoms. The van der Waals surface area contributed by atoms with Gasteiger partial charge in [-0.05, 0) is 42.5 Å². The second-order valence-electron chi connectivity index (χ2n) is 6.75. The van der Waals surface area contributed by atoms with Gasteiger partial charge in [0, 0.05) is 28.6 Å². The van der Waals surface area contributed by atoms with Crippen LogP contribution in [0, 0.1) is 11.7 Å². The van der Waals surface area contributed by atoms with Crippen LogP contribution >= 0.6 is 0 Å². The number of halogens is 1. The first-order valence-corrected chi connectivity index (χ1v) is 9.08. The number of hydrogen-bond acceptors (Lipinski definition) is 5. The first-order chi connectivity index (χ1) is 13.9. The number of fused-ring (bicyclic) bond motifs is 1.